The second kappa shape index (κ2) is 10.1. The number of aromatic hydroxyl groups is 2. The minimum atomic E-state index is -1.13. The highest BCUT2D eigenvalue weighted by molar-refractivity contribution is 8.15. The predicted molar refractivity (Wildman–Crippen MR) is 135 cm³/mol. The average Bonchev–Trinajstić information content (AvgIpc) is 3.14. The number of aromatic amines is 2. The molecule has 1 aliphatic heterocycles. The summed E-state index contributed by atoms with van der Waals surface area (Å²) in [7, 11) is 0. The fraction of sp³-hybridized carbons (Fsp3) is 0.208. The second-order valence-electron chi connectivity index (χ2n) is 8.25. The summed E-state index contributed by atoms with van der Waals surface area (Å²) in [5.41, 5.74) is 1.14. The molecule has 0 aliphatic carbocycles. The number of carbonyl (C=O) groups is 2. The number of hydrogen-bond donors (Lipinski definition) is 6. The zero-order chi connectivity index (χ0) is 26.0. The molecule has 1 saturated heterocycles. The van der Waals surface area contributed by atoms with Gasteiger partial charge in [-0.25, -0.2) is 9.79 Å². The van der Waals surface area contributed by atoms with E-state index in [1.165, 1.54) is 24.3 Å². The topological polar surface area (TPSA) is 177 Å². The molecule has 2 aromatic carbocycles. The Bertz CT molecular complexity index is 1480. The van der Waals surface area contributed by atoms with Crippen molar-refractivity contribution < 1.29 is 19.8 Å². The number of aliphatic imine (C=N–C) groups is 1. The molecule has 2 heterocycles. The Hall–Kier alpha value is -4.32. The quantitative estimate of drug-likeness (QED) is 0.293. The van der Waals surface area contributed by atoms with Crippen LogP contribution in [0.2, 0.25) is 0 Å². The Balaban J connectivity index is 1.58. The van der Waals surface area contributed by atoms with Gasteiger partial charge in [-0.3, -0.25) is 24.4 Å². The summed E-state index contributed by atoms with van der Waals surface area (Å²) in [4.78, 5) is 57.8. The molecule has 2 amide bonds. The molecule has 11 nitrogen and oxygen atoms in total. The third-order valence-electron chi connectivity index (χ3n) is 5.63. The number of thioether (sulfide) groups is 1. The molecular weight excluding hydrogens is 486 g/mol. The number of H-pyrrole nitrogens is 2. The molecule has 0 radical (unpaired) electrons. The van der Waals surface area contributed by atoms with Crippen molar-refractivity contribution in [2.75, 3.05) is 5.32 Å². The Morgan fingerprint density at radius 2 is 1.78 bits per heavy atom. The maximum Gasteiger partial charge on any atom is 0.328 e. The number of hydrogen-bond acceptors (Lipinski definition) is 8. The zero-order valence-electron chi connectivity index (χ0n) is 19.3. The first-order valence-electron chi connectivity index (χ1n) is 10.9. The van der Waals surface area contributed by atoms with E-state index >= 15 is 0 Å². The van der Waals surface area contributed by atoms with Gasteiger partial charge in [-0.05, 0) is 54.8 Å². The van der Waals surface area contributed by atoms with Gasteiger partial charge in [0.1, 0.15) is 22.6 Å². The average molecular weight is 510 g/mol. The summed E-state index contributed by atoms with van der Waals surface area (Å²) in [6.45, 7) is 3.90. The van der Waals surface area contributed by atoms with Gasteiger partial charge >= 0.3 is 5.69 Å². The summed E-state index contributed by atoms with van der Waals surface area (Å²) in [5.74, 6) is -1.48. The van der Waals surface area contributed by atoms with Crippen LogP contribution in [0.15, 0.2) is 57.0 Å². The fourth-order valence-corrected chi connectivity index (χ4v) is 4.61. The number of amides is 2. The van der Waals surface area contributed by atoms with Crippen LogP contribution in [0.4, 0.5) is 5.69 Å². The lowest BCUT2D eigenvalue weighted by molar-refractivity contribution is -0.122. The molecule has 3 aromatic rings. The van der Waals surface area contributed by atoms with Crippen LogP contribution >= 0.6 is 11.8 Å². The Morgan fingerprint density at radius 1 is 1.06 bits per heavy atom. The van der Waals surface area contributed by atoms with E-state index in [4.69, 9.17) is 0 Å². The molecule has 186 valence electrons. The summed E-state index contributed by atoms with van der Waals surface area (Å²) >= 11 is 1.01. The lowest BCUT2D eigenvalue weighted by atomic mass is 10.0. The summed E-state index contributed by atoms with van der Waals surface area (Å²) in [6, 6.07) is 10.1. The number of rotatable bonds is 6. The molecule has 0 spiro atoms. The Morgan fingerprint density at radius 3 is 2.44 bits per heavy atom. The van der Waals surface area contributed by atoms with Gasteiger partial charge < -0.3 is 20.8 Å². The van der Waals surface area contributed by atoms with Gasteiger partial charge in [0.05, 0.1) is 0 Å². The molecule has 12 heteroatoms. The zero-order valence-corrected chi connectivity index (χ0v) is 20.1. The highest BCUT2D eigenvalue weighted by Crippen LogP contribution is 2.32. The molecule has 0 unspecified atom stereocenters. The first kappa shape index (κ1) is 24.8. The fourth-order valence-electron chi connectivity index (χ4n) is 3.62. The number of benzene rings is 2. The van der Waals surface area contributed by atoms with Crippen LogP contribution in [-0.2, 0) is 9.59 Å². The highest BCUT2D eigenvalue weighted by atomic mass is 32.2. The predicted octanol–water partition coefficient (Wildman–Crippen LogP) is 1.80. The first-order valence-corrected chi connectivity index (χ1v) is 11.8. The van der Waals surface area contributed by atoms with Crippen LogP contribution in [0, 0.1) is 13.8 Å². The molecule has 1 aromatic heterocycles. The van der Waals surface area contributed by atoms with Gasteiger partial charge in [0.2, 0.25) is 17.7 Å². The normalized spacial score (nSPS) is 17.1. The number of amidine groups is 1. The maximum absolute atomic E-state index is 12.6. The van der Waals surface area contributed by atoms with Crippen LogP contribution < -0.4 is 21.9 Å². The number of phenolic OH excluding ortho intramolecular Hbond substituents is 1. The van der Waals surface area contributed by atoms with Crippen molar-refractivity contribution in [1.82, 2.24) is 15.3 Å². The van der Waals surface area contributed by atoms with Gasteiger partial charge in [0.15, 0.2) is 5.17 Å². The smallest absolute Gasteiger partial charge is 0.328 e. The minimum Gasteiger partial charge on any atom is -0.508 e. The molecule has 6 N–H and O–H groups in total. The first-order chi connectivity index (χ1) is 17.1. The van der Waals surface area contributed by atoms with Crippen molar-refractivity contribution in [3.8, 4) is 11.6 Å². The largest absolute Gasteiger partial charge is 0.508 e. The van der Waals surface area contributed by atoms with Gasteiger partial charge in [-0.1, -0.05) is 30.0 Å². The van der Waals surface area contributed by atoms with E-state index in [2.05, 4.69) is 20.6 Å². The van der Waals surface area contributed by atoms with Gasteiger partial charge in [0.25, 0.3) is 5.56 Å². The van der Waals surface area contributed by atoms with Gasteiger partial charge in [0, 0.05) is 12.1 Å². The van der Waals surface area contributed by atoms with Crippen LogP contribution in [0.3, 0.4) is 0 Å². The Labute approximate surface area is 208 Å². The van der Waals surface area contributed by atoms with E-state index in [9.17, 15) is 29.4 Å². The molecular formula is C24H23N5O6S. The molecule has 4 rings (SSSR count). The van der Waals surface area contributed by atoms with Crippen molar-refractivity contribution in [1.29, 1.82) is 0 Å². The third kappa shape index (κ3) is 5.49. The molecule has 1 fully saturated rings. The van der Waals surface area contributed by atoms with Crippen molar-refractivity contribution in [3.05, 3.63) is 85.6 Å². The van der Waals surface area contributed by atoms with Crippen LogP contribution in [0.1, 0.15) is 34.7 Å². The van der Waals surface area contributed by atoms with E-state index in [0.717, 1.165) is 22.9 Å². The third-order valence-corrected chi connectivity index (χ3v) is 6.72. The van der Waals surface area contributed by atoms with E-state index < -0.39 is 34.3 Å². The number of anilines is 1. The van der Waals surface area contributed by atoms with Gasteiger partial charge in [-0.15, -0.1) is 0 Å². The Kier molecular flexibility index (Phi) is 6.97. The van der Waals surface area contributed by atoms with E-state index in [1.807, 2.05) is 31.0 Å². The summed E-state index contributed by atoms with van der Waals surface area (Å²) in [5, 5.41) is 24.7. The van der Waals surface area contributed by atoms with Crippen molar-refractivity contribution in [3.63, 3.8) is 0 Å². The van der Waals surface area contributed by atoms with E-state index in [-0.39, 0.29) is 28.8 Å². The van der Waals surface area contributed by atoms with E-state index in [1.54, 1.807) is 6.07 Å². The number of carbonyl (C=O) groups excluding carboxylic acids is 2. The molecule has 1 aliphatic rings. The van der Waals surface area contributed by atoms with Gasteiger partial charge in [-0.2, -0.15) is 0 Å². The lowest BCUT2D eigenvalue weighted by Gasteiger charge is -2.14. The number of nitrogens with zero attached hydrogens (tertiary/aromatic N) is 1. The van der Waals surface area contributed by atoms with Crippen LogP contribution in [0.25, 0.3) is 0 Å². The maximum atomic E-state index is 12.6. The SMILES string of the molecule is Cc1ccc(NC(=O)C[C@@H]2SC(=N[C@H](c3ccc(O)cc3)c3c(O)[nH]c(=O)[nH]c3=O)NC2=O)cc1C. The standard InChI is InChI=1S/C24H23N5O6S/c1-11-3-6-14(9-12(11)2)25-17(31)10-16-20(32)29-24(36-16)26-19(13-4-7-15(30)8-5-13)18-21(33)27-23(35)28-22(18)34/h3-9,16,19,30H,10H2,1-2H3,(H,25,31)(H,26,29,32)(H3,27,28,33,34,35)/t16-,19+/m0/s1. The van der Waals surface area contributed by atoms with Crippen LogP contribution in [0.5, 0.6) is 11.6 Å². The number of phenols is 1. The monoisotopic (exact) mass is 509 g/mol. The van der Waals surface area contributed by atoms with Crippen molar-refractivity contribution in [2.24, 2.45) is 4.99 Å². The minimum absolute atomic E-state index is 0.0249. The highest BCUT2D eigenvalue weighted by Gasteiger charge is 2.33. The van der Waals surface area contributed by atoms with Crippen molar-refractivity contribution in [2.45, 2.75) is 31.6 Å². The number of aromatic nitrogens is 2. The van der Waals surface area contributed by atoms with Crippen molar-refractivity contribution >= 4 is 34.4 Å². The summed E-state index contributed by atoms with van der Waals surface area (Å²) in [6.07, 6.45) is -0.114. The number of nitrogens with one attached hydrogen (secondary N) is 4. The van der Waals surface area contributed by atoms with Crippen LogP contribution in [-0.4, -0.2) is 42.4 Å². The molecule has 2 atom stereocenters. The summed E-state index contributed by atoms with van der Waals surface area (Å²) < 4.78 is 0. The van der Waals surface area contributed by atoms with E-state index in [0.29, 0.717) is 11.3 Å². The molecule has 0 saturated carbocycles. The molecule has 36 heavy (non-hydrogen) atoms. The molecule has 0 bridgehead atoms. The lowest BCUT2D eigenvalue weighted by Crippen LogP contribution is -2.29. The second-order valence-corrected chi connectivity index (χ2v) is 9.44. The number of aryl methyl sites for hydroxylation is 2.